The van der Waals surface area contributed by atoms with Gasteiger partial charge in [0, 0.05) is 23.4 Å². The van der Waals surface area contributed by atoms with Crippen molar-refractivity contribution in [2.24, 2.45) is 11.8 Å². The molecule has 1 N–H and O–H groups in total. The first-order chi connectivity index (χ1) is 10.6. The number of fused-ring (bicyclic) bond motifs is 1. The molecule has 1 aromatic rings. The van der Waals surface area contributed by atoms with E-state index in [-0.39, 0.29) is 0 Å². The Morgan fingerprint density at radius 1 is 1.32 bits per heavy atom. The van der Waals surface area contributed by atoms with Gasteiger partial charge in [-0.1, -0.05) is 52.3 Å². The summed E-state index contributed by atoms with van der Waals surface area (Å²) in [6.07, 6.45) is 5.01. The molecular formula is C20H29NS. The van der Waals surface area contributed by atoms with Crippen LogP contribution in [-0.4, -0.2) is 11.8 Å². The maximum Gasteiger partial charge on any atom is 0.0378 e. The van der Waals surface area contributed by atoms with E-state index in [9.17, 15) is 0 Å². The van der Waals surface area contributed by atoms with Crippen LogP contribution in [-0.2, 0) is 0 Å². The monoisotopic (exact) mass is 315 g/mol. The fraction of sp³-hybridized carbons (Fsp3) is 0.600. The van der Waals surface area contributed by atoms with Crippen molar-refractivity contribution in [2.75, 3.05) is 11.1 Å². The van der Waals surface area contributed by atoms with Gasteiger partial charge in [0.1, 0.15) is 0 Å². The lowest BCUT2D eigenvalue weighted by Crippen LogP contribution is -2.42. The van der Waals surface area contributed by atoms with E-state index in [2.05, 4.69) is 62.7 Å². The molecule has 0 aromatic heterocycles. The fourth-order valence-electron chi connectivity index (χ4n) is 4.07. The van der Waals surface area contributed by atoms with E-state index in [1.54, 1.807) is 0 Å². The molecule has 2 aliphatic rings. The summed E-state index contributed by atoms with van der Waals surface area (Å²) in [7, 11) is 0. The summed E-state index contributed by atoms with van der Waals surface area (Å²) in [5, 5.41) is 6.19. The number of hydrogen-bond donors (Lipinski definition) is 1. The van der Waals surface area contributed by atoms with Gasteiger partial charge in [0.2, 0.25) is 0 Å². The molecule has 2 heteroatoms. The number of rotatable bonds is 4. The Labute approximate surface area is 140 Å². The van der Waals surface area contributed by atoms with Crippen LogP contribution in [0.15, 0.2) is 29.7 Å². The second-order valence-electron chi connectivity index (χ2n) is 7.24. The molecule has 0 aliphatic carbocycles. The van der Waals surface area contributed by atoms with Gasteiger partial charge in [0.15, 0.2) is 0 Å². The van der Waals surface area contributed by atoms with Crippen molar-refractivity contribution in [3.63, 3.8) is 0 Å². The molecule has 0 spiro atoms. The van der Waals surface area contributed by atoms with Crippen LogP contribution in [0.25, 0.3) is 0 Å². The van der Waals surface area contributed by atoms with Gasteiger partial charge in [0.25, 0.3) is 0 Å². The van der Waals surface area contributed by atoms with Crippen LogP contribution in [0.2, 0.25) is 0 Å². The molecule has 2 heterocycles. The van der Waals surface area contributed by atoms with Gasteiger partial charge in [-0.3, -0.25) is 0 Å². The maximum absolute atomic E-state index is 3.91. The van der Waals surface area contributed by atoms with Crippen LogP contribution in [0.5, 0.6) is 0 Å². The SMILES string of the molecule is CCCC1[C@H](C2C=CSC2)Nc2ccc(C(C)C)cc2[C@H]1C. The summed E-state index contributed by atoms with van der Waals surface area (Å²) >= 11 is 1.96. The topological polar surface area (TPSA) is 12.0 Å². The zero-order valence-electron chi connectivity index (χ0n) is 14.3. The summed E-state index contributed by atoms with van der Waals surface area (Å²) in [6.45, 7) is 9.34. The standard InChI is InChI=1S/C20H29NS/c1-5-6-17-14(4)18-11-15(13(2)3)7-8-19(18)21-20(17)16-9-10-22-12-16/h7-11,13-14,16-17,20-21H,5-6,12H2,1-4H3/t14-,16?,17?,20-/m0/s1. The minimum Gasteiger partial charge on any atom is -0.381 e. The van der Waals surface area contributed by atoms with Gasteiger partial charge >= 0.3 is 0 Å². The van der Waals surface area contributed by atoms with Crippen LogP contribution < -0.4 is 5.32 Å². The summed E-state index contributed by atoms with van der Waals surface area (Å²) < 4.78 is 0. The van der Waals surface area contributed by atoms with Gasteiger partial charge < -0.3 is 5.32 Å². The first kappa shape index (κ1) is 16.0. The molecule has 0 radical (unpaired) electrons. The van der Waals surface area contributed by atoms with Gasteiger partial charge in [0.05, 0.1) is 0 Å². The Morgan fingerprint density at radius 3 is 2.77 bits per heavy atom. The molecule has 1 nitrogen and oxygen atoms in total. The van der Waals surface area contributed by atoms with Gasteiger partial charge in [-0.2, -0.15) is 0 Å². The molecule has 0 amide bonds. The Kier molecular flexibility index (Phi) is 4.87. The highest BCUT2D eigenvalue weighted by Crippen LogP contribution is 2.45. The van der Waals surface area contributed by atoms with Crippen molar-refractivity contribution < 1.29 is 0 Å². The fourth-order valence-corrected chi connectivity index (χ4v) is 5.03. The lowest BCUT2D eigenvalue weighted by molar-refractivity contribution is 0.308. The third kappa shape index (κ3) is 2.95. The molecule has 0 bridgehead atoms. The van der Waals surface area contributed by atoms with E-state index < -0.39 is 0 Å². The molecule has 2 unspecified atom stereocenters. The van der Waals surface area contributed by atoms with Crippen LogP contribution in [0.1, 0.15) is 63.5 Å². The quantitative estimate of drug-likeness (QED) is 0.731. The van der Waals surface area contributed by atoms with E-state index in [1.807, 2.05) is 11.8 Å². The molecule has 0 saturated heterocycles. The normalized spacial score (nSPS) is 30.4. The highest BCUT2D eigenvalue weighted by molar-refractivity contribution is 8.02. The van der Waals surface area contributed by atoms with Crippen LogP contribution >= 0.6 is 11.8 Å². The third-order valence-corrected chi connectivity index (χ3v) is 6.38. The van der Waals surface area contributed by atoms with Crippen molar-refractivity contribution in [1.29, 1.82) is 0 Å². The zero-order chi connectivity index (χ0) is 15.7. The molecule has 120 valence electrons. The van der Waals surface area contributed by atoms with Gasteiger partial charge in [-0.05, 0) is 46.8 Å². The van der Waals surface area contributed by atoms with Crippen molar-refractivity contribution in [2.45, 2.75) is 58.4 Å². The molecule has 22 heavy (non-hydrogen) atoms. The second-order valence-corrected chi connectivity index (χ2v) is 8.18. The number of nitrogens with one attached hydrogen (secondary N) is 1. The van der Waals surface area contributed by atoms with E-state index in [0.717, 1.165) is 5.92 Å². The van der Waals surface area contributed by atoms with E-state index >= 15 is 0 Å². The molecule has 4 atom stereocenters. The number of thioether (sulfide) groups is 1. The predicted octanol–water partition coefficient (Wildman–Crippen LogP) is 6.00. The Morgan fingerprint density at radius 2 is 2.14 bits per heavy atom. The molecule has 3 rings (SSSR count). The zero-order valence-corrected chi connectivity index (χ0v) is 15.1. The van der Waals surface area contributed by atoms with Crippen LogP contribution in [0, 0.1) is 11.8 Å². The lowest BCUT2D eigenvalue weighted by Gasteiger charge is -2.42. The summed E-state index contributed by atoms with van der Waals surface area (Å²) in [5.41, 5.74) is 4.38. The Bertz CT molecular complexity index is 549. The summed E-state index contributed by atoms with van der Waals surface area (Å²) in [6, 6.07) is 7.68. The maximum atomic E-state index is 3.91. The van der Waals surface area contributed by atoms with Gasteiger partial charge in [-0.25, -0.2) is 0 Å². The number of hydrogen-bond acceptors (Lipinski definition) is 2. The average molecular weight is 316 g/mol. The van der Waals surface area contributed by atoms with Crippen molar-refractivity contribution in [3.05, 3.63) is 40.8 Å². The minimum absolute atomic E-state index is 0.596. The molecule has 1 aromatic carbocycles. The minimum atomic E-state index is 0.596. The third-order valence-electron chi connectivity index (χ3n) is 5.45. The largest absolute Gasteiger partial charge is 0.381 e. The highest BCUT2D eigenvalue weighted by atomic mass is 32.2. The van der Waals surface area contributed by atoms with Crippen molar-refractivity contribution in [3.8, 4) is 0 Å². The molecule has 0 saturated carbocycles. The van der Waals surface area contributed by atoms with Crippen molar-refractivity contribution >= 4 is 17.4 Å². The average Bonchev–Trinajstić information content (AvgIpc) is 3.03. The first-order valence-corrected chi connectivity index (χ1v) is 9.85. The molecule has 2 aliphatic heterocycles. The second kappa shape index (κ2) is 6.70. The van der Waals surface area contributed by atoms with Crippen LogP contribution in [0.3, 0.4) is 0 Å². The highest BCUT2D eigenvalue weighted by Gasteiger charge is 2.37. The number of anilines is 1. The van der Waals surface area contributed by atoms with E-state index in [1.165, 1.54) is 35.4 Å². The predicted molar refractivity (Wildman–Crippen MR) is 99.8 cm³/mol. The van der Waals surface area contributed by atoms with E-state index in [0.29, 0.717) is 23.8 Å². The smallest absolute Gasteiger partial charge is 0.0378 e. The number of benzene rings is 1. The van der Waals surface area contributed by atoms with Gasteiger partial charge in [-0.15, -0.1) is 11.8 Å². The molecule has 0 fully saturated rings. The summed E-state index contributed by atoms with van der Waals surface area (Å²) in [5.74, 6) is 3.92. The van der Waals surface area contributed by atoms with E-state index in [4.69, 9.17) is 0 Å². The van der Waals surface area contributed by atoms with Crippen LogP contribution in [0.4, 0.5) is 5.69 Å². The Hall–Kier alpha value is -0.890. The molecular weight excluding hydrogens is 286 g/mol. The Balaban J connectivity index is 1.94. The van der Waals surface area contributed by atoms with Crippen molar-refractivity contribution in [1.82, 2.24) is 0 Å². The summed E-state index contributed by atoms with van der Waals surface area (Å²) in [4.78, 5) is 0. The first-order valence-electron chi connectivity index (χ1n) is 8.80. The lowest BCUT2D eigenvalue weighted by atomic mass is 9.72.